The van der Waals surface area contributed by atoms with Crippen LogP contribution in [0.4, 0.5) is 0 Å². The van der Waals surface area contributed by atoms with Crippen LogP contribution in [-0.2, 0) is 14.3 Å². The van der Waals surface area contributed by atoms with Crippen molar-refractivity contribution in [3.63, 3.8) is 0 Å². The van der Waals surface area contributed by atoms with E-state index in [9.17, 15) is 14.4 Å². The topological polar surface area (TPSA) is 89.2 Å². The molecule has 1 aliphatic heterocycles. The lowest BCUT2D eigenvalue weighted by atomic mass is 9.63. The van der Waals surface area contributed by atoms with Gasteiger partial charge >= 0.3 is 5.97 Å². The Morgan fingerprint density at radius 3 is 2.43 bits per heavy atom. The van der Waals surface area contributed by atoms with Crippen molar-refractivity contribution < 1.29 is 23.5 Å². The van der Waals surface area contributed by atoms with Gasteiger partial charge in [-0.25, -0.2) is 4.79 Å². The average Bonchev–Trinajstić information content (AvgIpc) is 3.37. The summed E-state index contributed by atoms with van der Waals surface area (Å²) in [6.45, 7) is 0. The fourth-order valence-corrected chi connectivity index (χ4v) is 4.78. The highest BCUT2D eigenvalue weighted by Gasteiger charge is 2.56. The number of benzene rings is 1. The lowest BCUT2D eigenvalue weighted by Gasteiger charge is -2.37. The van der Waals surface area contributed by atoms with E-state index in [0.29, 0.717) is 22.6 Å². The van der Waals surface area contributed by atoms with Crippen LogP contribution in [0.5, 0.6) is 0 Å². The molecule has 7 heteroatoms. The monoisotopic (exact) mass is 404 g/mol. The molecule has 1 aromatic heterocycles. The Morgan fingerprint density at radius 2 is 1.80 bits per heavy atom. The Hall–Kier alpha value is -3.48. The minimum absolute atomic E-state index is 0.133. The molecule has 2 bridgehead atoms. The molecule has 1 saturated carbocycles. The standard InChI is InChI=1S/C23H20N2O5/c1-29-23(28)16-4-2-3-15(11-16)18-10-9-17(30-18)12-24-25-21(26)19-13-5-6-14(8-7-13)20(19)22(25)27/h2-6,9-14,19-20H,7-8H2,1H3/b24-12-/t13-,14+,19+,20-. The van der Waals surface area contributed by atoms with Crippen molar-refractivity contribution in [1.82, 2.24) is 5.01 Å². The zero-order valence-corrected chi connectivity index (χ0v) is 16.4. The largest absolute Gasteiger partial charge is 0.465 e. The van der Waals surface area contributed by atoms with Crippen LogP contribution in [0.1, 0.15) is 29.0 Å². The van der Waals surface area contributed by atoms with Crippen LogP contribution in [-0.4, -0.2) is 36.1 Å². The molecular formula is C23H20N2O5. The van der Waals surface area contributed by atoms with Gasteiger partial charge in [0.25, 0.3) is 11.8 Å². The average molecular weight is 404 g/mol. The maximum Gasteiger partial charge on any atom is 0.337 e. The van der Waals surface area contributed by atoms with Crippen molar-refractivity contribution >= 4 is 24.0 Å². The van der Waals surface area contributed by atoms with E-state index >= 15 is 0 Å². The predicted octanol–water partition coefficient (Wildman–Crippen LogP) is 3.26. The van der Waals surface area contributed by atoms with Gasteiger partial charge in [-0.15, -0.1) is 0 Å². The van der Waals surface area contributed by atoms with Crippen molar-refractivity contribution in [1.29, 1.82) is 0 Å². The molecule has 1 aromatic carbocycles. The Labute approximate surface area is 173 Å². The second-order valence-corrected chi connectivity index (χ2v) is 7.85. The quantitative estimate of drug-likeness (QED) is 0.338. The summed E-state index contributed by atoms with van der Waals surface area (Å²) in [5.74, 6) is -0.236. The molecule has 6 rings (SSSR count). The van der Waals surface area contributed by atoms with E-state index in [0.717, 1.165) is 17.9 Å². The number of methoxy groups -OCH3 is 1. The second-order valence-electron chi connectivity index (χ2n) is 7.85. The number of amides is 2. The highest BCUT2D eigenvalue weighted by Crippen LogP contribution is 2.49. The highest BCUT2D eigenvalue weighted by molar-refractivity contribution is 6.06. The summed E-state index contributed by atoms with van der Waals surface area (Å²) < 4.78 is 10.5. The maximum atomic E-state index is 12.8. The van der Waals surface area contributed by atoms with Gasteiger partial charge in [-0.3, -0.25) is 9.59 Å². The molecule has 0 N–H and O–H groups in total. The number of furan rings is 1. The molecule has 0 spiro atoms. The number of carbonyl (C=O) groups is 3. The Kier molecular flexibility index (Phi) is 4.38. The van der Waals surface area contributed by atoms with E-state index in [2.05, 4.69) is 17.3 Å². The molecule has 7 nitrogen and oxygen atoms in total. The van der Waals surface area contributed by atoms with E-state index in [1.54, 1.807) is 30.3 Å². The number of imide groups is 1. The maximum absolute atomic E-state index is 12.8. The number of esters is 1. The molecule has 0 radical (unpaired) electrons. The van der Waals surface area contributed by atoms with E-state index < -0.39 is 5.97 Å². The van der Waals surface area contributed by atoms with Crippen LogP contribution in [0.25, 0.3) is 11.3 Å². The van der Waals surface area contributed by atoms with Crippen LogP contribution >= 0.6 is 0 Å². The number of allylic oxidation sites excluding steroid dienone is 2. The molecule has 30 heavy (non-hydrogen) atoms. The van der Waals surface area contributed by atoms with E-state index in [4.69, 9.17) is 9.15 Å². The zero-order chi connectivity index (χ0) is 20.8. The minimum atomic E-state index is -0.429. The van der Waals surface area contributed by atoms with Gasteiger partial charge in [0.15, 0.2) is 0 Å². The number of ether oxygens (including phenoxy) is 1. The lowest BCUT2D eigenvalue weighted by Crippen LogP contribution is -2.38. The Bertz CT molecular complexity index is 1070. The fraction of sp³-hybridized carbons (Fsp3) is 0.304. The van der Waals surface area contributed by atoms with Gasteiger partial charge in [-0.1, -0.05) is 24.3 Å². The van der Waals surface area contributed by atoms with Gasteiger partial charge in [-0.05, 0) is 48.9 Å². The van der Waals surface area contributed by atoms with Gasteiger partial charge in [0.05, 0.1) is 30.7 Å². The van der Waals surface area contributed by atoms with Gasteiger partial charge in [0.2, 0.25) is 0 Å². The summed E-state index contributed by atoms with van der Waals surface area (Å²) in [5, 5.41) is 5.16. The van der Waals surface area contributed by atoms with Crippen molar-refractivity contribution in [3.05, 3.63) is 59.9 Å². The van der Waals surface area contributed by atoms with E-state index in [1.165, 1.54) is 13.3 Å². The summed E-state index contributed by atoms with van der Waals surface area (Å²) in [6, 6.07) is 10.3. The molecule has 2 heterocycles. The van der Waals surface area contributed by atoms with Gasteiger partial charge in [0.1, 0.15) is 11.5 Å². The first-order chi connectivity index (χ1) is 14.6. The Balaban J connectivity index is 1.35. The number of hydrazone groups is 1. The first kappa shape index (κ1) is 18.5. The molecule has 2 aromatic rings. The number of carbonyl (C=O) groups excluding carboxylic acids is 3. The number of fused-ring (bicyclic) bond motifs is 1. The third-order valence-electron chi connectivity index (χ3n) is 6.23. The Morgan fingerprint density at radius 1 is 1.10 bits per heavy atom. The molecule has 1 saturated heterocycles. The van der Waals surface area contributed by atoms with Crippen LogP contribution in [0.2, 0.25) is 0 Å². The fourth-order valence-electron chi connectivity index (χ4n) is 4.78. The molecule has 2 fully saturated rings. The van der Waals surface area contributed by atoms with Gasteiger partial charge in [-0.2, -0.15) is 10.1 Å². The van der Waals surface area contributed by atoms with Crippen molar-refractivity contribution in [3.8, 4) is 11.3 Å². The smallest absolute Gasteiger partial charge is 0.337 e. The van der Waals surface area contributed by atoms with Crippen molar-refractivity contribution in [2.75, 3.05) is 7.11 Å². The SMILES string of the molecule is COC(=O)c1cccc(-c2ccc(/C=N\N3C(=O)[C@@H]4[C@H](C3=O)[C@H]3C=C[C@@H]4CC3)o2)c1. The molecule has 0 unspecified atom stereocenters. The number of hydrogen-bond acceptors (Lipinski definition) is 6. The van der Waals surface area contributed by atoms with Crippen molar-refractivity contribution in [2.24, 2.45) is 28.8 Å². The summed E-state index contributed by atoms with van der Waals surface area (Å²) in [5.41, 5.74) is 1.13. The molecule has 4 aliphatic rings. The van der Waals surface area contributed by atoms with Gasteiger partial charge < -0.3 is 9.15 Å². The summed E-state index contributed by atoms with van der Waals surface area (Å²) in [6.07, 6.45) is 7.44. The number of hydrogen-bond donors (Lipinski definition) is 0. The summed E-state index contributed by atoms with van der Waals surface area (Å²) in [7, 11) is 1.33. The molecule has 4 atom stereocenters. The molecule has 2 amide bonds. The van der Waals surface area contributed by atoms with Crippen LogP contribution in [0.3, 0.4) is 0 Å². The highest BCUT2D eigenvalue weighted by atomic mass is 16.5. The van der Waals surface area contributed by atoms with E-state index in [1.807, 2.05) is 6.07 Å². The third kappa shape index (κ3) is 2.89. The molecular weight excluding hydrogens is 384 g/mol. The van der Waals surface area contributed by atoms with Crippen LogP contribution < -0.4 is 0 Å². The number of nitrogens with zero attached hydrogens (tertiary/aromatic N) is 2. The lowest BCUT2D eigenvalue weighted by molar-refractivity contribution is -0.140. The first-order valence-electron chi connectivity index (χ1n) is 9.95. The normalized spacial score (nSPS) is 27.2. The molecule has 3 aliphatic carbocycles. The van der Waals surface area contributed by atoms with Crippen molar-refractivity contribution in [2.45, 2.75) is 12.8 Å². The predicted molar refractivity (Wildman–Crippen MR) is 107 cm³/mol. The van der Waals surface area contributed by atoms with Crippen LogP contribution in [0, 0.1) is 23.7 Å². The van der Waals surface area contributed by atoms with Gasteiger partial charge in [0, 0.05) is 5.56 Å². The third-order valence-corrected chi connectivity index (χ3v) is 6.23. The first-order valence-corrected chi connectivity index (χ1v) is 9.95. The minimum Gasteiger partial charge on any atom is -0.465 e. The summed E-state index contributed by atoms with van der Waals surface area (Å²) in [4.78, 5) is 37.3. The van der Waals surface area contributed by atoms with Crippen LogP contribution in [0.15, 0.2) is 58.1 Å². The summed E-state index contributed by atoms with van der Waals surface area (Å²) >= 11 is 0. The number of rotatable bonds is 4. The zero-order valence-electron chi connectivity index (χ0n) is 16.4. The molecule has 152 valence electrons. The second kappa shape index (κ2) is 7.09. The van der Waals surface area contributed by atoms with E-state index in [-0.39, 0.29) is 35.5 Å².